The molecule has 0 heterocycles. The molecule has 156 valence electrons. The van der Waals surface area contributed by atoms with Gasteiger partial charge in [-0.3, -0.25) is 4.44 Å². The fraction of sp³-hybridized carbons (Fsp3) is 0.111. The topological polar surface area (TPSA) is 3.24 Å². The van der Waals surface area contributed by atoms with Crippen molar-refractivity contribution in [2.24, 2.45) is 0 Å². The van der Waals surface area contributed by atoms with Crippen molar-refractivity contribution in [3.8, 4) is 0 Å². The SMILES string of the molecule is c1ccc(CSCCN(Pc2ccccc2)P(c2ccccc2)c2ccccc2)cc1. The number of thioether (sulfide) groups is 1. The lowest BCUT2D eigenvalue weighted by molar-refractivity contribution is 0.778. The zero-order chi connectivity index (χ0) is 21.1. The molecule has 1 unspecified atom stereocenters. The molecule has 4 aromatic rings. The van der Waals surface area contributed by atoms with Gasteiger partial charge in [-0.25, -0.2) is 0 Å². The van der Waals surface area contributed by atoms with E-state index in [9.17, 15) is 0 Å². The maximum Gasteiger partial charge on any atom is 0.0319 e. The first kappa shape index (κ1) is 22.3. The standard InChI is InChI=1S/C27H27NP2S/c1-5-13-24(14-6-1)23-31-22-21-28(29-25-15-7-2-8-16-25)30(26-17-9-3-10-18-26)27-19-11-4-12-20-27/h1-20,29H,21-23H2. The Kier molecular flexibility index (Phi) is 8.74. The Balaban J connectivity index is 1.56. The first-order valence-electron chi connectivity index (χ1n) is 10.5. The van der Waals surface area contributed by atoms with Gasteiger partial charge < -0.3 is 0 Å². The van der Waals surface area contributed by atoms with Crippen LogP contribution < -0.4 is 15.9 Å². The molecule has 0 saturated carbocycles. The fourth-order valence-electron chi connectivity index (χ4n) is 3.35. The van der Waals surface area contributed by atoms with Crippen molar-refractivity contribution in [1.82, 2.24) is 4.44 Å². The highest BCUT2D eigenvalue weighted by Crippen LogP contribution is 2.45. The Hall–Kier alpha value is -1.95. The summed E-state index contributed by atoms with van der Waals surface area (Å²) in [7, 11) is 0.0770. The van der Waals surface area contributed by atoms with E-state index in [0.29, 0.717) is 8.73 Å². The molecule has 0 amide bonds. The maximum atomic E-state index is 2.72. The van der Waals surface area contributed by atoms with E-state index >= 15 is 0 Å². The van der Waals surface area contributed by atoms with Crippen molar-refractivity contribution in [2.45, 2.75) is 5.75 Å². The lowest BCUT2D eigenvalue weighted by Gasteiger charge is -2.32. The molecule has 0 radical (unpaired) electrons. The molecule has 4 heteroatoms. The van der Waals surface area contributed by atoms with Crippen LogP contribution >= 0.6 is 28.6 Å². The third-order valence-corrected chi connectivity index (χ3v) is 10.1. The van der Waals surface area contributed by atoms with Crippen LogP contribution in [0.2, 0.25) is 0 Å². The van der Waals surface area contributed by atoms with E-state index < -0.39 is 8.07 Å². The van der Waals surface area contributed by atoms with Gasteiger partial charge in [-0.15, -0.1) is 0 Å². The minimum Gasteiger partial charge on any atom is -0.250 e. The van der Waals surface area contributed by atoms with E-state index in [2.05, 4.69) is 126 Å². The van der Waals surface area contributed by atoms with Crippen LogP contribution in [0.4, 0.5) is 0 Å². The number of nitrogens with zero attached hydrogens (tertiary/aromatic N) is 1. The monoisotopic (exact) mass is 459 g/mol. The van der Waals surface area contributed by atoms with Gasteiger partial charge in [0.15, 0.2) is 0 Å². The minimum absolute atomic E-state index is 0.577. The fourth-order valence-corrected chi connectivity index (χ4v) is 8.90. The molecule has 0 aliphatic heterocycles. The van der Waals surface area contributed by atoms with Gasteiger partial charge in [0.25, 0.3) is 0 Å². The summed E-state index contributed by atoms with van der Waals surface area (Å²) in [6, 6.07) is 43.8. The van der Waals surface area contributed by atoms with Crippen molar-refractivity contribution in [3.05, 3.63) is 127 Å². The van der Waals surface area contributed by atoms with Crippen molar-refractivity contribution in [2.75, 3.05) is 12.3 Å². The second-order valence-electron chi connectivity index (χ2n) is 7.12. The molecular formula is C27H27NP2S. The van der Waals surface area contributed by atoms with Crippen LogP contribution in [-0.2, 0) is 5.75 Å². The average molecular weight is 460 g/mol. The molecule has 0 saturated heterocycles. The Morgan fingerprint density at radius 1 is 0.613 bits per heavy atom. The van der Waals surface area contributed by atoms with Gasteiger partial charge in [0.1, 0.15) is 0 Å². The van der Waals surface area contributed by atoms with Crippen molar-refractivity contribution < 1.29 is 0 Å². The van der Waals surface area contributed by atoms with Gasteiger partial charge >= 0.3 is 0 Å². The van der Waals surface area contributed by atoms with Gasteiger partial charge in [-0.1, -0.05) is 121 Å². The van der Waals surface area contributed by atoms with Crippen LogP contribution in [0.1, 0.15) is 5.56 Å². The lowest BCUT2D eigenvalue weighted by Crippen LogP contribution is -2.26. The average Bonchev–Trinajstić information content (AvgIpc) is 2.84. The summed E-state index contributed by atoms with van der Waals surface area (Å²) in [4.78, 5) is 0. The van der Waals surface area contributed by atoms with Gasteiger partial charge in [-0.05, 0) is 30.2 Å². The molecule has 0 aromatic heterocycles. The van der Waals surface area contributed by atoms with E-state index in [-0.39, 0.29) is 0 Å². The summed E-state index contributed by atoms with van der Waals surface area (Å²) in [5.74, 6) is 2.19. The third-order valence-electron chi connectivity index (χ3n) is 4.83. The predicted octanol–water partition coefficient (Wildman–Crippen LogP) is 6.19. The van der Waals surface area contributed by atoms with E-state index in [1.54, 1.807) is 0 Å². The molecule has 0 fully saturated rings. The molecule has 31 heavy (non-hydrogen) atoms. The highest BCUT2D eigenvalue weighted by atomic mass is 32.2. The maximum absolute atomic E-state index is 2.72. The largest absolute Gasteiger partial charge is 0.250 e. The van der Waals surface area contributed by atoms with E-state index in [1.807, 2.05) is 11.8 Å². The molecule has 1 atom stereocenters. The van der Waals surface area contributed by atoms with E-state index in [0.717, 1.165) is 18.1 Å². The van der Waals surface area contributed by atoms with Gasteiger partial charge in [0.05, 0.1) is 0 Å². The van der Waals surface area contributed by atoms with Crippen molar-refractivity contribution in [1.29, 1.82) is 0 Å². The molecule has 1 nitrogen and oxygen atoms in total. The second kappa shape index (κ2) is 12.2. The number of rotatable bonds is 10. The molecule has 4 rings (SSSR count). The molecule has 0 aliphatic carbocycles. The van der Waals surface area contributed by atoms with Crippen LogP contribution in [0, 0.1) is 0 Å². The van der Waals surface area contributed by atoms with Crippen molar-refractivity contribution >= 4 is 44.5 Å². The molecular weight excluding hydrogens is 432 g/mol. The first-order chi connectivity index (χ1) is 15.4. The predicted molar refractivity (Wildman–Crippen MR) is 143 cm³/mol. The first-order valence-corrected chi connectivity index (χ1v) is 13.9. The number of hydrogen-bond donors (Lipinski definition) is 0. The van der Waals surface area contributed by atoms with Crippen LogP contribution in [-0.4, -0.2) is 16.7 Å². The van der Waals surface area contributed by atoms with Crippen LogP contribution in [0.25, 0.3) is 0 Å². The highest BCUT2D eigenvalue weighted by molar-refractivity contribution is 7.98. The van der Waals surface area contributed by atoms with E-state index in [1.165, 1.54) is 21.5 Å². The Morgan fingerprint density at radius 3 is 1.65 bits per heavy atom. The normalized spacial score (nSPS) is 11.5. The Morgan fingerprint density at radius 2 is 1.10 bits per heavy atom. The zero-order valence-electron chi connectivity index (χ0n) is 17.5. The second-order valence-corrected chi connectivity index (χ2v) is 12.1. The van der Waals surface area contributed by atoms with Gasteiger partial charge in [0, 0.05) is 26.1 Å². The van der Waals surface area contributed by atoms with Gasteiger partial charge in [0.2, 0.25) is 0 Å². The smallest absolute Gasteiger partial charge is 0.0319 e. The summed E-state index contributed by atoms with van der Waals surface area (Å²) >= 11 is 2.03. The summed E-state index contributed by atoms with van der Waals surface area (Å²) in [5.41, 5.74) is 1.40. The number of benzene rings is 4. The molecule has 0 bridgehead atoms. The van der Waals surface area contributed by atoms with Crippen LogP contribution in [0.3, 0.4) is 0 Å². The van der Waals surface area contributed by atoms with Crippen LogP contribution in [0.15, 0.2) is 121 Å². The molecule has 0 aliphatic rings. The summed E-state index contributed by atoms with van der Waals surface area (Å²) in [6.45, 7) is 1.07. The Labute approximate surface area is 193 Å². The summed E-state index contributed by atoms with van der Waals surface area (Å²) in [6.07, 6.45) is 0. The summed E-state index contributed by atoms with van der Waals surface area (Å²) in [5, 5.41) is 4.23. The highest BCUT2D eigenvalue weighted by Gasteiger charge is 2.22. The number of hydrogen-bond acceptors (Lipinski definition) is 2. The molecule has 0 N–H and O–H groups in total. The zero-order valence-corrected chi connectivity index (χ0v) is 20.2. The quantitative estimate of drug-likeness (QED) is 0.206. The lowest BCUT2D eigenvalue weighted by atomic mass is 10.2. The van der Waals surface area contributed by atoms with E-state index in [4.69, 9.17) is 0 Å². The summed E-state index contributed by atoms with van der Waals surface area (Å²) < 4.78 is 2.72. The third kappa shape index (κ3) is 6.76. The van der Waals surface area contributed by atoms with Gasteiger partial charge in [-0.2, -0.15) is 11.8 Å². The molecule has 0 spiro atoms. The molecule has 4 aromatic carbocycles. The Bertz CT molecular complexity index is 975. The van der Waals surface area contributed by atoms with Crippen molar-refractivity contribution in [3.63, 3.8) is 0 Å². The minimum atomic E-state index is -0.577. The van der Waals surface area contributed by atoms with Crippen LogP contribution in [0.5, 0.6) is 0 Å².